The van der Waals surface area contributed by atoms with Gasteiger partial charge in [0, 0.05) is 25.1 Å². The number of nitrogens with zero attached hydrogens (tertiary/aromatic N) is 2. The highest BCUT2D eigenvalue weighted by Gasteiger charge is 2.21. The zero-order chi connectivity index (χ0) is 22.2. The van der Waals surface area contributed by atoms with E-state index in [-0.39, 0.29) is 37.0 Å². The molecule has 0 aliphatic rings. The summed E-state index contributed by atoms with van der Waals surface area (Å²) in [5, 5.41) is 0. The minimum absolute atomic E-state index is 0.0862. The topological polar surface area (TPSA) is 51.7 Å². The number of hydrogen-bond acceptors (Lipinski definition) is 4. The largest absolute Gasteiger partial charge is 0.493 e. The fourth-order valence-electron chi connectivity index (χ4n) is 2.89. The average molecular weight is 430 g/mol. The highest BCUT2D eigenvalue weighted by atomic mass is 19.1. The van der Waals surface area contributed by atoms with Gasteiger partial charge in [-0.3, -0.25) is 9.18 Å². The molecule has 162 valence electrons. The fourth-order valence-corrected chi connectivity index (χ4v) is 2.89. The summed E-state index contributed by atoms with van der Waals surface area (Å²) < 4.78 is 51.6. The van der Waals surface area contributed by atoms with Crippen LogP contribution in [0.4, 0.5) is 18.9 Å². The van der Waals surface area contributed by atoms with E-state index in [0.29, 0.717) is 11.3 Å². The van der Waals surface area contributed by atoms with Gasteiger partial charge in [0.2, 0.25) is 17.5 Å². The molecule has 0 radical (unpaired) electrons. The lowest BCUT2D eigenvalue weighted by Crippen LogP contribution is -2.28. The summed E-state index contributed by atoms with van der Waals surface area (Å²) >= 11 is 0. The molecular weight excluding hydrogens is 409 g/mol. The van der Waals surface area contributed by atoms with Crippen LogP contribution in [0.25, 0.3) is 0 Å². The van der Waals surface area contributed by atoms with Gasteiger partial charge in [-0.05, 0) is 30.3 Å². The minimum Gasteiger partial charge on any atom is -0.493 e. The predicted octanol–water partition coefficient (Wildman–Crippen LogP) is 5.44. The normalized spacial score (nSPS) is 10.6. The SMILES string of the molecule is CC(=O)N(Cc1ccccc1OCCCF)c1cccnc1Oc1c(F)cccc1F. The van der Waals surface area contributed by atoms with Crippen LogP contribution in [-0.2, 0) is 11.3 Å². The van der Waals surface area contributed by atoms with E-state index in [0.717, 1.165) is 12.1 Å². The molecule has 0 bridgehead atoms. The van der Waals surface area contributed by atoms with Gasteiger partial charge in [-0.2, -0.15) is 0 Å². The van der Waals surface area contributed by atoms with Gasteiger partial charge in [-0.25, -0.2) is 13.8 Å². The van der Waals surface area contributed by atoms with Gasteiger partial charge in [0.15, 0.2) is 11.6 Å². The molecule has 0 saturated heterocycles. The maximum absolute atomic E-state index is 14.1. The third-order valence-corrected chi connectivity index (χ3v) is 4.38. The van der Waals surface area contributed by atoms with Gasteiger partial charge in [0.05, 0.1) is 19.8 Å². The molecule has 0 fully saturated rings. The van der Waals surface area contributed by atoms with Gasteiger partial charge >= 0.3 is 0 Å². The van der Waals surface area contributed by atoms with Crippen LogP contribution >= 0.6 is 0 Å². The van der Waals surface area contributed by atoms with Crippen molar-refractivity contribution in [2.45, 2.75) is 19.9 Å². The lowest BCUT2D eigenvalue weighted by atomic mass is 10.1. The Morgan fingerprint density at radius 3 is 2.48 bits per heavy atom. The number of pyridine rings is 1. The molecule has 0 aliphatic carbocycles. The van der Waals surface area contributed by atoms with E-state index in [1.165, 1.54) is 24.1 Å². The van der Waals surface area contributed by atoms with Crippen molar-refractivity contribution in [3.05, 3.63) is 78.0 Å². The van der Waals surface area contributed by atoms with E-state index >= 15 is 0 Å². The number of hydrogen-bond donors (Lipinski definition) is 0. The van der Waals surface area contributed by atoms with E-state index in [9.17, 15) is 18.0 Å². The second-order valence-electron chi connectivity index (χ2n) is 6.58. The standard InChI is InChI=1S/C23H21F3N2O3/c1-16(29)28(15-17-7-2-3-11-21(17)30-14-6-12-24)20-10-5-13-27-23(20)31-22-18(25)8-4-9-19(22)26/h2-5,7-11,13H,6,12,14-15H2,1H3. The first-order valence-electron chi connectivity index (χ1n) is 9.63. The Bertz CT molecular complexity index is 1030. The number of ether oxygens (including phenoxy) is 2. The van der Waals surface area contributed by atoms with Crippen LogP contribution in [0, 0.1) is 11.6 Å². The van der Waals surface area contributed by atoms with E-state index < -0.39 is 24.1 Å². The smallest absolute Gasteiger partial charge is 0.243 e. The number of carbonyl (C=O) groups excluding carboxylic acids is 1. The van der Waals surface area contributed by atoms with Crippen LogP contribution < -0.4 is 14.4 Å². The first-order chi connectivity index (χ1) is 15.0. The summed E-state index contributed by atoms with van der Waals surface area (Å²) in [7, 11) is 0. The first kappa shape index (κ1) is 22.1. The number of aromatic nitrogens is 1. The first-order valence-corrected chi connectivity index (χ1v) is 9.63. The zero-order valence-electron chi connectivity index (χ0n) is 16.9. The number of alkyl halides is 1. The molecule has 1 amide bonds. The van der Waals surface area contributed by atoms with Crippen LogP contribution in [0.1, 0.15) is 18.9 Å². The van der Waals surface area contributed by atoms with Crippen molar-refractivity contribution in [1.82, 2.24) is 4.98 Å². The Morgan fingerprint density at radius 1 is 1.03 bits per heavy atom. The lowest BCUT2D eigenvalue weighted by Gasteiger charge is -2.24. The van der Waals surface area contributed by atoms with E-state index in [4.69, 9.17) is 9.47 Å². The third-order valence-electron chi connectivity index (χ3n) is 4.38. The number of benzene rings is 2. The minimum atomic E-state index is -0.891. The molecule has 2 aromatic carbocycles. The summed E-state index contributed by atoms with van der Waals surface area (Å²) in [5.41, 5.74) is 0.902. The highest BCUT2D eigenvalue weighted by molar-refractivity contribution is 5.92. The van der Waals surface area contributed by atoms with Crippen molar-refractivity contribution in [1.29, 1.82) is 0 Å². The number of anilines is 1. The number of amides is 1. The molecule has 8 heteroatoms. The van der Waals surface area contributed by atoms with Crippen LogP contribution in [0.5, 0.6) is 17.4 Å². The van der Waals surface area contributed by atoms with Crippen LogP contribution in [0.3, 0.4) is 0 Å². The van der Waals surface area contributed by atoms with Crippen molar-refractivity contribution in [3.63, 3.8) is 0 Å². The summed E-state index contributed by atoms with van der Waals surface area (Å²) in [6.45, 7) is 1.14. The van der Waals surface area contributed by atoms with Crippen molar-refractivity contribution >= 4 is 11.6 Å². The van der Waals surface area contributed by atoms with E-state index in [1.54, 1.807) is 36.4 Å². The number of para-hydroxylation sites is 2. The molecule has 3 rings (SSSR count). The Hall–Kier alpha value is -3.55. The van der Waals surface area contributed by atoms with E-state index in [1.807, 2.05) is 0 Å². The summed E-state index contributed by atoms with van der Waals surface area (Å²) in [5.74, 6) is -2.35. The Balaban J connectivity index is 1.93. The van der Waals surface area contributed by atoms with E-state index in [2.05, 4.69) is 4.98 Å². The van der Waals surface area contributed by atoms with Gasteiger partial charge in [-0.1, -0.05) is 24.3 Å². The van der Waals surface area contributed by atoms with Crippen molar-refractivity contribution < 1.29 is 27.4 Å². The van der Waals surface area contributed by atoms with Gasteiger partial charge in [0.1, 0.15) is 11.4 Å². The second kappa shape index (κ2) is 10.5. The molecule has 1 heterocycles. The summed E-state index contributed by atoms with van der Waals surface area (Å²) in [6.07, 6.45) is 1.64. The third kappa shape index (κ3) is 5.53. The molecule has 0 N–H and O–H groups in total. The average Bonchev–Trinajstić information content (AvgIpc) is 2.76. The highest BCUT2D eigenvalue weighted by Crippen LogP contribution is 2.34. The molecule has 0 saturated carbocycles. The number of halogens is 3. The molecule has 0 unspecified atom stereocenters. The predicted molar refractivity (Wildman–Crippen MR) is 110 cm³/mol. The molecule has 1 aromatic heterocycles. The van der Waals surface area contributed by atoms with Gasteiger partial charge in [-0.15, -0.1) is 0 Å². The number of rotatable bonds is 9. The zero-order valence-corrected chi connectivity index (χ0v) is 16.9. The molecule has 0 spiro atoms. The van der Waals surface area contributed by atoms with Crippen molar-refractivity contribution in [2.75, 3.05) is 18.2 Å². The van der Waals surface area contributed by atoms with Gasteiger partial charge in [0.25, 0.3) is 0 Å². The molecule has 31 heavy (non-hydrogen) atoms. The molecular formula is C23H21F3N2O3. The number of carbonyl (C=O) groups is 1. The summed E-state index contributed by atoms with van der Waals surface area (Å²) in [4.78, 5) is 17.9. The van der Waals surface area contributed by atoms with Crippen LogP contribution in [0.15, 0.2) is 60.8 Å². The summed E-state index contributed by atoms with van der Waals surface area (Å²) in [6, 6.07) is 13.5. The second-order valence-corrected chi connectivity index (χ2v) is 6.58. The molecule has 0 aliphatic heterocycles. The monoisotopic (exact) mass is 430 g/mol. The molecule has 0 atom stereocenters. The Morgan fingerprint density at radius 2 is 1.77 bits per heavy atom. The fraction of sp³-hybridized carbons (Fsp3) is 0.217. The maximum Gasteiger partial charge on any atom is 0.243 e. The molecule has 5 nitrogen and oxygen atoms in total. The Kier molecular flexibility index (Phi) is 7.48. The maximum atomic E-state index is 14.1. The van der Waals surface area contributed by atoms with Gasteiger partial charge < -0.3 is 14.4 Å². The van der Waals surface area contributed by atoms with Crippen LogP contribution in [-0.4, -0.2) is 24.2 Å². The molecule has 3 aromatic rings. The van der Waals surface area contributed by atoms with Crippen molar-refractivity contribution in [3.8, 4) is 17.4 Å². The Labute approximate surface area is 178 Å². The quantitative estimate of drug-likeness (QED) is 0.424. The lowest BCUT2D eigenvalue weighted by molar-refractivity contribution is -0.116. The van der Waals surface area contributed by atoms with Crippen molar-refractivity contribution in [2.24, 2.45) is 0 Å². The van der Waals surface area contributed by atoms with Crippen LogP contribution in [0.2, 0.25) is 0 Å².